The summed E-state index contributed by atoms with van der Waals surface area (Å²) in [4.78, 5) is 11.3. The van der Waals surface area contributed by atoms with E-state index < -0.39 is 40.1 Å². The van der Waals surface area contributed by atoms with E-state index in [0.717, 1.165) is 18.4 Å². The number of nitrogens with two attached hydrogens (primary N) is 1. The van der Waals surface area contributed by atoms with Crippen LogP contribution in [0.5, 0.6) is 0 Å². The molecule has 0 radical (unpaired) electrons. The van der Waals surface area contributed by atoms with Crippen LogP contribution in [-0.2, 0) is 21.0 Å². The summed E-state index contributed by atoms with van der Waals surface area (Å²) in [5.74, 6) is -2.44. The molecule has 3 N–H and O–H groups in total. The molecule has 0 saturated heterocycles. The second-order valence-electron chi connectivity index (χ2n) is 4.16. The first-order valence-corrected chi connectivity index (χ1v) is 7.31. The Morgan fingerprint density at radius 2 is 1.90 bits per heavy atom. The molecule has 5 nitrogen and oxygen atoms in total. The minimum Gasteiger partial charge on any atom is -0.369 e. The van der Waals surface area contributed by atoms with Crippen molar-refractivity contribution in [2.24, 2.45) is 5.73 Å². The Labute approximate surface area is 114 Å². The summed E-state index contributed by atoms with van der Waals surface area (Å²) in [6.07, 6.45) is -3.82. The van der Waals surface area contributed by atoms with Gasteiger partial charge < -0.3 is 5.73 Å². The first-order valence-electron chi connectivity index (χ1n) is 5.42. The lowest BCUT2D eigenvalue weighted by molar-refractivity contribution is -0.138. The molecule has 1 rings (SSSR count). The average Bonchev–Trinajstić information content (AvgIpc) is 2.26. The van der Waals surface area contributed by atoms with Gasteiger partial charge in [-0.1, -0.05) is 18.2 Å². The van der Waals surface area contributed by atoms with Gasteiger partial charge in [0.05, 0.1) is 17.7 Å². The first-order chi connectivity index (χ1) is 9.02. The Balaban J connectivity index is 3.20. The smallest absolute Gasteiger partial charge is 0.369 e. The average molecular weight is 310 g/mol. The molecule has 1 aromatic rings. The minimum absolute atomic E-state index is 0.358. The molecule has 1 amide bonds. The molecular weight excluding hydrogens is 297 g/mol. The van der Waals surface area contributed by atoms with Gasteiger partial charge in [-0.2, -0.15) is 13.2 Å². The van der Waals surface area contributed by atoms with E-state index in [1.54, 1.807) is 0 Å². The van der Waals surface area contributed by atoms with Crippen molar-refractivity contribution in [3.8, 4) is 0 Å². The number of sulfonamides is 1. The molecule has 1 unspecified atom stereocenters. The van der Waals surface area contributed by atoms with E-state index in [-0.39, 0.29) is 5.56 Å². The quantitative estimate of drug-likeness (QED) is 0.844. The van der Waals surface area contributed by atoms with Crippen LogP contribution in [0.4, 0.5) is 13.2 Å². The van der Waals surface area contributed by atoms with E-state index in [1.165, 1.54) is 12.1 Å². The SMILES string of the molecule is CS(=O)(=O)NCC(C(N)=O)c1ccccc1C(F)(F)F. The van der Waals surface area contributed by atoms with Crippen LogP contribution >= 0.6 is 0 Å². The second kappa shape index (κ2) is 5.80. The number of alkyl halides is 3. The van der Waals surface area contributed by atoms with Gasteiger partial charge in [0.25, 0.3) is 0 Å². The van der Waals surface area contributed by atoms with Crippen LogP contribution in [0, 0.1) is 0 Å². The molecule has 0 spiro atoms. The lowest BCUT2D eigenvalue weighted by atomic mass is 9.93. The number of hydrogen-bond donors (Lipinski definition) is 2. The predicted octanol–water partition coefficient (Wildman–Crippen LogP) is 0.824. The monoisotopic (exact) mass is 310 g/mol. The van der Waals surface area contributed by atoms with Gasteiger partial charge in [-0.25, -0.2) is 13.1 Å². The fourth-order valence-corrected chi connectivity index (χ4v) is 2.13. The van der Waals surface area contributed by atoms with Gasteiger partial charge in [-0.3, -0.25) is 4.79 Å². The lowest BCUT2D eigenvalue weighted by Gasteiger charge is -2.19. The summed E-state index contributed by atoms with van der Waals surface area (Å²) < 4.78 is 62.5. The number of halogens is 3. The number of amides is 1. The number of hydrogen-bond acceptors (Lipinski definition) is 3. The highest BCUT2D eigenvalue weighted by atomic mass is 32.2. The molecule has 0 aliphatic rings. The Bertz CT molecular complexity index is 599. The second-order valence-corrected chi connectivity index (χ2v) is 5.99. The molecule has 0 saturated carbocycles. The highest BCUT2D eigenvalue weighted by Crippen LogP contribution is 2.34. The maximum Gasteiger partial charge on any atom is 0.416 e. The van der Waals surface area contributed by atoms with Gasteiger partial charge in [0.2, 0.25) is 15.9 Å². The summed E-state index contributed by atoms with van der Waals surface area (Å²) in [5.41, 5.74) is 3.70. The van der Waals surface area contributed by atoms with Crippen molar-refractivity contribution < 1.29 is 26.4 Å². The Morgan fingerprint density at radius 1 is 1.35 bits per heavy atom. The van der Waals surface area contributed by atoms with Crippen molar-refractivity contribution in [2.45, 2.75) is 12.1 Å². The van der Waals surface area contributed by atoms with Gasteiger partial charge in [0.15, 0.2) is 0 Å². The standard InChI is InChI=1S/C11H13F3N2O3S/c1-20(18,19)16-6-8(10(15)17)7-4-2-3-5-9(7)11(12,13)14/h2-5,8,16H,6H2,1H3,(H2,15,17). The Morgan fingerprint density at radius 3 is 2.35 bits per heavy atom. The van der Waals surface area contributed by atoms with E-state index in [2.05, 4.69) is 0 Å². The number of benzene rings is 1. The molecule has 0 aliphatic carbocycles. The summed E-state index contributed by atoms with van der Waals surface area (Å²) in [5, 5.41) is 0. The van der Waals surface area contributed by atoms with Crippen molar-refractivity contribution in [3.63, 3.8) is 0 Å². The highest BCUT2D eigenvalue weighted by molar-refractivity contribution is 7.88. The summed E-state index contributed by atoms with van der Waals surface area (Å²) >= 11 is 0. The zero-order valence-corrected chi connectivity index (χ0v) is 11.3. The van der Waals surface area contributed by atoms with E-state index in [1.807, 2.05) is 4.72 Å². The van der Waals surface area contributed by atoms with E-state index >= 15 is 0 Å². The fraction of sp³-hybridized carbons (Fsp3) is 0.364. The van der Waals surface area contributed by atoms with Gasteiger partial charge in [0, 0.05) is 6.54 Å². The summed E-state index contributed by atoms with van der Waals surface area (Å²) in [6.45, 7) is -0.527. The third kappa shape index (κ3) is 4.49. The molecule has 20 heavy (non-hydrogen) atoms. The number of carbonyl (C=O) groups excluding carboxylic acids is 1. The molecule has 9 heteroatoms. The number of carbonyl (C=O) groups is 1. The van der Waals surface area contributed by atoms with Gasteiger partial charge in [-0.05, 0) is 11.6 Å². The topological polar surface area (TPSA) is 89.3 Å². The van der Waals surface area contributed by atoms with Crippen molar-refractivity contribution in [1.82, 2.24) is 4.72 Å². The van der Waals surface area contributed by atoms with Gasteiger partial charge in [0.1, 0.15) is 0 Å². The van der Waals surface area contributed by atoms with Crippen molar-refractivity contribution in [3.05, 3.63) is 35.4 Å². The molecule has 0 aliphatic heterocycles. The Kier molecular flexibility index (Phi) is 4.77. The fourth-order valence-electron chi connectivity index (χ4n) is 1.66. The number of primary amides is 1. The van der Waals surface area contributed by atoms with E-state index in [0.29, 0.717) is 0 Å². The molecule has 0 heterocycles. The zero-order valence-electron chi connectivity index (χ0n) is 10.4. The zero-order chi connectivity index (χ0) is 15.6. The molecule has 112 valence electrons. The summed E-state index contributed by atoms with van der Waals surface area (Å²) in [6, 6.07) is 4.41. The largest absolute Gasteiger partial charge is 0.416 e. The Hall–Kier alpha value is -1.61. The normalized spacial score (nSPS) is 14.0. The third-order valence-corrected chi connectivity index (χ3v) is 3.23. The van der Waals surface area contributed by atoms with Gasteiger partial charge >= 0.3 is 6.18 Å². The van der Waals surface area contributed by atoms with Gasteiger partial charge in [-0.15, -0.1) is 0 Å². The van der Waals surface area contributed by atoms with Crippen LogP contribution in [0.25, 0.3) is 0 Å². The summed E-state index contributed by atoms with van der Waals surface area (Å²) in [7, 11) is -3.65. The van der Waals surface area contributed by atoms with Crippen LogP contribution < -0.4 is 10.5 Å². The maximum absolute atomic E-state index is 12.9. The molecule has 0 bridgehead atoms. The molecule has 0 aromatic heterocycles. The number of nitrogens with one attached hydrogen (secondary N) is 1. The number of rotatable bonds is 5. The van der Waals surface area contributed by atoms with Crippen LogP contribution in [-0.4, -0.2) is 27.1 Å². The van der Waals surface area contributed by atoms with Crippen LogP contribution in [0.15, 0.2) is 24.3 Å². The highest BCUT2D eigenvalue weighted by Gasteiger charge is 2.36. The molecule has 0 fully saturated rings. The van der Waals surface area contributed by atoms with E-state index in [4.69, 9.17) is 5.73 Å². The van der Waals surface area contributed by atoms with E-state index in [9.17, 15) is 26.4 Å². The van der Waals surface area contributed by atoms with Crippen LogP contribution in [0.3, 0.4) is 0 Å². The third-order valence-electron chi connectivity index (χ3n) is 2.53. The molecule has 1 atom stereocenters. The van der Waals surface area contributed by atoms with Crippen molar-refractivity contribution in [2.75, 3.05) is 12.8 Å². The minimum atomic E-state index is -4.66. The van der Waals surface area contributed by atoms with Crippen LogP contribution in [0.2, 0.25) is 0 Å². The van der Waals surface area contributed by atoms with Crippen molar-refractivity contribution in [1.29, 1.82) is 0 Å². The lowest BCUT2D eigenvalue weighted by Crippen LogP contribution is -2.35. The predicted molar refractivity (Wildman–Crippen MR) is 66.2 cm³/mol. The van der Waals surface area contributed by atoms with Crippen LogP contribution in [0.1, 0.15) is 17.0 Å². The molecular formula is C11H13F3N2O3S. The van der Waals surface area contributed by atoms with Crippen molar-refractivity contribution >= 4 is 15.9 Å². The first kappa shape index (κ1) is 16.4. The maximum atomic E-state index is 12.9. The molecule has 1 aromatic carbocycles.